The molecule has 1 heterocycles. The largest absolute Gasteiger partial charge is 0.339 e. The Hall–Kier alpha value is -0.150. The Morgan fingerprint density at radius 1 is 0.895 bits per heavy atom. The first-order valence-electron chi connectivity index (χ1n) is 6.07. The second-order valence-electron chi connectivity index (χ2n) is 4.61. The van der Waals surface area contributed by atoms with Gasteiger partial charge < -0.3 is 4.90 Å². The molecule has 0 saturated carbocycles. The minimum absolute atomic E-state index is 0.123. The SMILES string of the molecule is Cc1c(Cl)c(Cl)c(Cl)c(Cl)c1C(=O)N1CCCCC1. The molecule has 104 valence electrons. The van der Waals surface area contributed by atoms with E-state index in [0.29, 0.717) is 11.1 Å². The third kappa shape index (κ3) is 2.82. The zero-order valence-electron chi connectivity index (χ0n) is 10.4. The highest BCUT2D eigenvalue weighted by atomic mass is 35.5. The summed E-state index contributed by atoms with van der Waals surface area (Å²) >= 11 is 24.3. The summed E-state index contributed by atoms with van der Waals surface area (Å²) in [4.78, 5) is 14.3. The number of likely N-dealkylation sites (tertiary alicyclic amines) is 1. The molecule has 2 nitrogen and oxygen atoms in total. The van der Waals surface area contributed by atoms with Crippen LogP contribution in [0.15, 0.2) is 0 Å². The second-order valence-corrected chi connectivity index (χ2v) is 6.12. The van der Waals surface area contributed by atoms with Crippen molar-refractivity contribution in [1.29, 1.82) is 0 Å². The number of hydrogen-bond donors (Lipinski definition) is 0. The number of piperidine rings is 1. The van der Waals surface area contributed by atoms with Crippen LogP contribution in [0.1, 0.15) is 35.2 Å². The van der Waals surface area contributed by atoms with Crippen molar-refractivity contribution in [2.45, 2.75) is 26.2 Å². The maximum atomic E-state index is 12.5. The molecule has 6 heteroatoms. The van der Waals surface area contributed by atoms with Crippen LogP contribution in [-0.2, 0) is 0 Å². The molecule has 0 aromatic heterocycles. The number of rotatable bonds is 1. The van der Waals surface area contributed by atoms with Crippen LogP contribution in [-0.4, -0.2) is 23.9 Å². The summed E-state index contributed by atoms with van der Waals surface area (Å²) in [6, 6.07) is 0. The first kappa shape index (κ1) is 15.2. The Labute approximate surface area is 132 Å². The minimum Gasteiger partial charge on any atom is -0.339 e. The van der Waals surface area contributed by atoms with Crippen LogP contribution in [0.3, 0.4) is 0 Å². The van der Waals surface area contributed by atoms with Crippen molar-refractivity contribution in [2.75, 3.05) is 13.1 Å². The normalized spacial score (nSPS) is 15.7. The van der Waals surface area contributed by atoms with Crippen molar-refractivity contribution in [1.82, 2.24) is 4.90 Å². The molecule has 1 aromatic rings. The third-order valence-corrected chi connectivity index (χ3v) is 5.26. The predicted octanol–water partition coefficient (Wildman–Crippen LogP) is 5.23. The van der Waals surface area contributed by atoms with Crippen LogP contribution in [0.5, 0.6) is 0 Å². The lowest BCUT2D eigenvalue weighted by molar-refractivity contribution is 0.0724. The molecule has 1 amide bonds. The van der Waals surface area contributed by atoms with Gasteiger partial charge in [-0.2, -0.15) is 0 Å². The standard InChI is InChI=1S/C13H13Cl4NO/c1-7-8(10(15)12(17)11(16)9(7)14)13(19)18-5-3-2-4-6-18/h2-6H2,1H3. The molecule has 1 fully saturated rings. The second kappa shape index (κ2) is 6.09. The molecule has 0 unspecified atom stereocenters. The Kier molecular flexibility index (Phi) is 4.88. The highest BCUT2D eigenvalue weighted by molar-refractivity contribution is 6.53. The van der Waals surface area contributed by atoms with Gasteiger partial charge in [0.15, 0.2) is 0 Å². The van der Waals surface area contributed by atoms with Gasteiger partial charge in [-0.05, 0) is 31.7 Å². The minimum atomic E-state index is -0.123. The van der Waals surface area contributed by atoms with Gasteiger partial charge in [0.2, 0.25) is 0 Å². The molecular formula is C13H13Cl4NO. The summed E-state index contributed by atoms with van der Waals surface area (Å²) in [5, 5.41) is 0.806. The first-order chi connectivity index (χ1) is 8.95. The summed E-state index contributed by atoms with van der Waals surface area (Å²) in [6.07, 6.45) is 3.17. The van der Waals surface area contributed by atoms with E-state index >= 15 is 0 Å². The highest BCUT2D eigenvalue weighted by Gasteiger charge is 2.26. The van der Waals surface area contributed by atoms with Crippen LogP contribution >= 0.6 is 46.4 Å². The number of carbonyl (C=O) groups is 1. The Bertz CT molecular complexity index is 495. The topological polar surface area (TPSA) is 20.3 Å². The zero-order chi connectivity index (χ0) is 14.2. The average molecular weight is 341 g/mol. The molecule has 1 aliphatic rings. The van der Waals surface area contributed by atoms with Gasteiger partial charge in [0.1, 0.15) is 0 Å². The van der Waals surface area contributed by atoms with Crippen LogP contribution < -0.4 is 0 Å². The van der Waals surface area contributed by atoms with Gasteiger partial charge in [-0.15, -0.1) is 0 Å². The van der Waals surface area contributed by atoms with Crippen molar-refractivity contribution in [3.05, 3.63) is 31.2 Å². The van der Waals surface area contributed by atoms with E-state index in [4.69, 9.17) is 46.4 Å². The summed E-state index contributed by atoms with van der Waals surface area (Å²) < 4.78 is 0. The fourth-order valence-electron chi connectivity index (χ4n) is 2.25. The smallest absolute Gasteiger partial charge is 0.255 e. The molecule has 0 aliphatic carbocycles. The molecule has 0 atom stereocenters. The van der Waals surface area contributed by atoms with Crippen LogP contribution in [0.4, 0.5) is 0 Å². The van der Waals surface area contributed by atoms with Crippen LogP contribution in [0.25, 0.3) is 0 Å². The average Bonchev–Trinajstić information content (AvgIpc) is 2.44. The van der Waals surface area contributed by atoms with Gasteiger partial charge in [-0.1, -0.05) is 46.4 Å². The van der Waals surface area contributed by atoms with E-state index in [9.17, 15) is 4.79 Å². The molecular weight excluding hydrogens is 328 g/mol. The number of benzene rings is 1. The predicted molar refractivity (Wildman–Crippen MR) is 81.0 cm³/mol. The van der Waals surface area contributed by atoms with Crippen LogP contribution in [0, 0.1) is 6.92 Å². The molecule has 0 bridgehead atoms. The fraction of sp³-hybridized carbons (Fsp3) is 0.462. The van der Waals surface area contributed by atoms with E-state index in [1.165, 1.54) is 0 Å². The Morgan fingerprint density at radius 2 is 1.42 bits per heavy atom. The van der Waals surface area contributed by atoms with Crippen molar-refractivity contribution < 1.29 is 4.79 Å². The molecule has 0 spiro atoms. The summed E-state index contributed by atoms with van der Waals surface area (Å²) in [6.45, 7) is 3.21. The summed E-state index contributed by atoms with van der Waals surface area (Å²) in [5.41, 5.74) is 0.944. The Morgan fingerprint density at radius 3 is 2.00 bits per heavy atom. The molecule has 0 radical (unpaired) electrons. The van der Waals surface area contributed by atoms with Crippen molar-refractivity contribution in [3.8, 4) is 0 Å². The molecule has 0 N–H and O–H groups in total. The number of carbonyl (C=O) groups excluding carboxylic acids is 1. The summed E-state index contributed by atoms with van der Waals surface area (Å²) in [5.74, 6) is -0.123. The van der Waals surface area contributed by atoms with Crippen molar-refractivity contribution in [2.24, 2.45) is 0 Å². The van der Waals surface area contributed by atoms with Gasteiger partial charge in [-0.25, -0.2) is 0 Å². The van der Waals surface area contributed by atoms with E-state index in [-0.39, 0.29) is 26.0 Å². The lowest BCUT2D eigenvalue weighted by atomic mass is 10.0. The molecule has 1 aromatic carbocycles. The molecule has 2 rings (SSSR count). The van der Waals surface area contributed by atoms with Gasteiger partial charge >= 0.3 is 0 Å². The van der Waals surface area contributed by atoms with E-state index in [1.807, 2.05) is 0 Å². The number of halogens is 4. The maximum Gasteiger partial charge on any atom is 0.255 e. The van der Waals surface area contributed by atoms with Gasteiger partial charge in [0.25, 0.3) is 5.91 Å². The van der Waals surface area contributed by atoms with Gasteiger partial charge in [-0.3, -0.25) is 4.79 Å². The third-order valence-electron chi connectivity index (χ3n) is 3.36. The fourth-order valence-corrected chi connectivity index (χ4v) is 3.28. The van der Waals surface area contributed by atoms with Gasteiger partial charge in [0, 0.05) is 13.1 Å². The molecule has 1 aliphatic heterocycles. The maximum absolute atomic E-state index is 12.5. The van der Waals surface area contributed by atoms with Crippen molar-refractivity contribution >= 4 is 52.3 Å². The number of amides is 1. The van der Waals surface area contributed by atoms with E-state index in [1.54, 1.807) is 11.8 Å². The van der Waals surface area contributed by atoms with Crippen LogP contribution in [0.2, 0.25) is 20.1 Å². The Balaban J connectivity index is 2.47. The first-order valence-corrected chi connectivity index (χ1v) is 7.58. The molecule has 19 heavy (non-hydrogen) atoms. The number of nitrogens with zero attached hydrogens (tertiary/aromatic N) is 1. The monoisotopic (exact) mass is 339 g/mol. The lowest BCUT2D eigenvalue weighted by Gasteiger charge is -2.28. The highest BCUT2D eigenvalue weighted by Crippen LogP contribution is 2.41. The van der Waals surface area contributed by atoms with Crippen molar-refractivity contribution in [3.63, 3.8) is 0 Å². The number of hydrogen-bond acceptors (Lipinski definition) is 1. The zero-order valence-corrected chi connectivity index (χ0v) is 13.4. The van der Waals surface area contributed by atoms with E-state index in [0.717, 1.165) is 32.4 Å². The van der Waals surface area contributed by atoms with E-state index in [2.05, 4.69) is 0 Å². The van der Waals surface area contributed by atoms with E-state index < -0.39 is 0 Å². The lowest BCUT2D eigenvalue weighted by Crippen LogP contribution is -2.36. The summed E-state index contributed by atoms with van der Waals surface area (Å²) in [7, 11) is 0. The quantitative estimate of drug-likeness (QED) is 0.506. The van der Waals surface area contributed by atoms with Gasteiger partial charge in [0.05, 0.1) is 25.7 Å². The molecule has 1 saturated heterocycles.